The zero-order valence-electron chi connectivity index (χ0n) is 12.8. The van der Waals surface area contributed by atoms with Gasteiger partial charge in [-0.25, -0.2) is 0 Å². The molecular weight excluding hydrogens is 298 g/mol. The minimum atomic E-state index is -0.956. The lowest BCUT2D eigenvalue weighted by atomic mass is 9.79. The van der Waals surface area contributed by atoms with Crippen molar-refractivity contribution in [1.29, 1.82) is 0 Å². The summed E-state index contributed by atoms with van der Waals surface area (Å²) in [5.41, 5.74) is 0.565. The molecule has 0 unspecified atom stereocenters. The summed E-state index contributed by atoms with van der Waals surface area (Å²) < 4.78 is 0. The second-order valence-electron chi connectivity index (χ2n) is 6.36. The molecule has 1 aromatic rings. The van der Waals surface area contributed by atoms with Gasteiger partial charge in [-0.3, -0.25) is 19.4 Å². The maximum atomic E-state index is 12.4. The fourth-order valence-electron chi connectivity index (χ4n) is 3.35. The third-order valence-corrected chi connectivity index (χ3v) is 4.59. The van der Waals surface area contributed by atoms with Gasteiger partial charge in [0.2, 0.25) is 5.91 Å². The molecule has 1 aromatic heterocycles. The third kappa shape index (κ3) is 3.18. The number of pyridine rings is 1. The fraction of sp³-hybridized carbons (Fsp3) is 0.500. The van der Waals surface area contributed by atoms with E-state index in [4.69, 9.17) is 5.11 Å². The zero-order valence-corrected chi connectivity index (χ0v) is 12.8. The number of carboxylic acids is 1. The van der Waals surface area contributed by atoms with Crippen LogP contribution in [0.15, 0.2) is 24.5 Å². The summed E-state index contributed by atoms with van der Waals surface area (Å²) in [6.07, 6.45) is 3.99. The molecule has 0 saturated carbocycles. The van der Waals surface area contributed by atoms with Gasteiger partial charge in [-0.05, 0) is 18.6 Å². The molecule has 3 heterocycles. The molecule has 1 spiro atoms. The zero-order chi connectivity index (χ0) is 16.4. The van der Waals surface area contributed by atoms with Crippen molar-refractivity contribution in [2.75, 3.05) is 26.2 Å². The number of carbonyl (C=O) groups excluding carboxylic acids is 2. The molecule has 2 aliphatic heterocycles. The molecule has 0 aliphatic carbocycles. The van der Waals surface area contributed by atoms with E-state index in [1.165, 1.54) is 0 Å². The SMILES string of the molecule is O=C(O)CCC(=O)N1CC2(CCN(C(=O)c3cccnc3)C2)C1. The van der Waals surface area contributed by atoms with Gasteiger partial charge in [-0.15, -0.1) is 0 Å². The number of aliphatic carboxylic acids is 1. The topological polar surface area (TPSA) is 90.8 Å². The van der Waals surface area contributed by atoms with Gasteiger partial charge in [0, 0.05) is 50.4 Å². The van der Waals surface area contributed by atoms with Crippen LogP contribution in [0.4, 0.5) is 0 Å². The molecule has 2 fully saturated rings. The summed E-state index contributed by atoms with van der Waals surface area (Å²) in [5, 5.41) is 8.62. The lowest BCUT2D eigenvalue weighted by molar-refractivity contribution is -0.146. The Balaban J connectivity index is 1.52. The number of nitrogens with zero attached hydrogens (tertiary/aromatic N) is 3. The van der Waals surface area contributed by atoms with Crippen molar-refractivity contribution in [2.24, 2.45) is 5.41 Å². The molecule has 7 heteroatoms. The molecular formula is C16H19N3O4. The lowest BCUT2D eigenvalue weighted by Gasteiger charge is -2.48. The Labute approximate surface area is 133 Å². The largest absolute Gasteiger partial charge is 0.481 e. The van der Waals surface area contributed by atoms with Gasteiger partial charge in [-0.2, -0.15) is 0 Å². The third-order valence-electron chi connectivity index (χ3n) is 4.59. The van der Waals surface area contributed by atoms with E-state index in [0.717, 1.165) is 6.42 Å². The second kappa shape index (κ2) is 5.98. The van der Waals surface area contributed by atoms with Crippen LogP contribution in [0.25, 0.3) is 0 Å². The van der Waals surface area contributed by atoms with E-state index < -0.39 is 5.97 Å². The predicted octanol–water partition coefficient (Wildman–Crippen LogP) is 0.621. The Hall–Kier alpha value is -2.44. The minimum Gasteiger partial charge on any atom is -0.481 e. The number of hydrogen-bond donors (Lipinski definition) is 1. The monoisotopic (exact) mass is 317 g/mol. The van der Waals surface area contributed by atoms with Crippen molar-refractivity contribution in [2.45, 2.75) is 19.3 Å². The van der Waals surface area contributed by atoms with Crippen LogP contribution in [0.2, 0.25) is 0 Å². The summed E-state index contributed by atoms with van der Waals surface area (Å²) in [6, 6.07) is 3.49. The number of carbonyl (C=O) groups is 3. The minimum absolute atomic E-state index is 0.0171. The van der Waals surface area contributed by atoms with Crippen molar-refractivity contribution in [1.82, 2.24) is 14.8 Å². The van der Waals surface area contributed by atoms with Gasteiger partial charge in [0.05, 0.1) is 12.0 Å². The summed E-state index contributed by atoms with van der Waals surface area (Å²) >= 11 is 0. The van der Waals surface area contributed by atoms with E-state index in [2.05, 4.69) is 4.98 Å². The highest BCUT2D eigenvalue weighted by Crippen LogP contribution is 2.40. The van der Waals surface area contributed by atoms with Crippen molar-refractivity contribution in [3.8, 4) is 0 Å². The number of amides is 2. The van der Waals surface area contributed by atoms with Gasteiger partial charge in [0.1, 0.15) is 0 Å². The van der Waals surface area contributed by atoms with Crippen LogP contribution in [0.5, 0.6) is 0 Å². The predicted molar refractivity (Wildman–Crippen MR) is 80.6 cm³/mol. The average Bonchev–Trinajstić information content (AvgIpc) is 2.97. The van der Waals surface area contributed by atoms with Crippen LogP contribution < -0.4 is 0 Å². The lowest BCUT2D eigenvalue weighted by Crippen LogP contribution is -2.59. The van der Waals surface area contributed by atoms with Gasteiger partial charge in [0.25, 0.3) is 5.91 Å². The Kier molecular flexibility index (Phi) is 4.02. The first-order valence-corrected chi connectivity index (χ1v) is 7.68. The molecule has 0 bridgehead atoms. The molecule has 7 nitrogen and oxygen atoms in total. The van der Waals surface area contributed by atoms with E-state index >= 15 is 0 Å². The molecule has 23 heavy (non-hydrogen) atoms. The van der Waals surface area contributed by atoms with Crippen LogP contribution >= 0.6 is 0 Å². The van der Waals surface area contributed by atoms with Crippen molar-refractivity contribution >= 4 is 17.8 Å². The number of aromatic nitrogens is 1. The van der Waals surface area contributed by atoms with Crippen LogP contribution in [0, 0.1) is 5.41 Å². The normalized spacial score (nSPS) is 18.8. The van der Waals surface area contributed by atoms with E-state index in [9.17, 15) is 14.4 Å². The van der Waals surface area contributed by atoms with Gasteiger partial charge < -0.3 is 14.9 Å². The fourth-order valence-corrected chi connectivity index (χ4v) is 3.35. The molecule has 0 atom stereocenters. The average molecular weight is 317 g/mol. The number of hydrogen-bond acceptors (Lipinski definition) is 4. The molecule has 2 saturated heterocycles. The number of likely N-dealkylation sites (tertiary alicyclic amines) is 2. The maximum absolute atomic E-state index is 12.4. The molecule has 1 N–H and O–H groups in total. The van der Waals surface area contributed by atoms with Crippen LogP contribution in [0.3, 0.4) is 0 Å². The Morgan fingerprint density at radius 1 is 1.17 bits per heavy atom. The molecule has 0 radical (unpaired) electrons. The summed E-state index contributed by atoms with van der Waals surface area (Å²) in [7, 11) is 0. The number of rotatable bonds is 4. The smallest absolute Gasteiger partial charge is 0.303 e. The number of carboxylic acid groups (broad SMARTS) is 1. The molecule has 122 valence electrons. The van der Waals surface area contributed by atoms with Gasteiger partial charge >= 0.3 is 5.97 Å². The standard InChI is InChI=1S/C16H19N3O4/c20-13(3-4-14(21)22)19-10-16(11-19)5-7-18(9-16)15(23)12-2-1-6-17-8-12/h1-2,6,8H,3-5,7,9-11H2,(H,21,22). The van der Waals surface area contributed by atoms with Crippen molar-refractivity contribution in [3.05, 3.63) is 30.1 Å². The molecule has 2 aliphatic rings. The Bertz CT molecular complexity index is 625. The second-order valence-corrected chi connectivity index (χ2v) is 6.36. The Morgan fingerprint density at radius 2 is 1.91 bits per heavy atom. The highest BCUT2D eigenvalue weighted by atomic mass is 16.4. The van der Waals surface area contributed by atoms with Gasteiger partial charge in [-0.1, -0.05) is 0 Å². The van der Waals surface area contributed by atoms with Crippen LogP contribution in [-0.2, 0) is 9.59 Å². The van der Waals surface area contributed by atoms with Crippen molar-refractivity contribution in [3.63, 3.8) is 0 Å². The Morgan fingerprint density at radius 3 is 2.57 bits per heavy atom. The first-order chi connectivity index (χ1) is 11.0. The molecule has 3 rings (SSSR count). The van der Waals surface area contributed by atoms with Gasteiger partial charge in [0.15, 0.2) is 0 Å². The summed E-state index contributed by atoms with van der Waals surface area (Å²) in [5.74, 6) is -1.09. The van der Waals surface area contributed by atoms with E-state index in [1.54, 1.807) is 29.4 Å². The first kappa shape index (κ1) is 15.5. The molecule has 2 amide bonds. The highest BCUT2D eigenvalue weighted by Gasteiger charge is 2.50. The highest BCUT2D eigenvalue weighted by molar-refractivity contribution is 5.94. The van der Waals surface area contributed by atoms with Crippen LogP contribution in [-0.4, -0.2) is 63.9 Å². The van der Waals surface area contributed by atoms with E-state index in [1.807, 2.05) is 4.90 Å². The van der Waals surface area contributed by atoms with E-state index in [-0.39, 0.29) is 30.1 Å². The summed E-state index contributed by atoms with van der Waals surface area (Å²) in [4.78, 5) is 42.3. The summed E-state index contributed by atoms with van der Waals surface area (Å²) in [6.45, 7) is 2.55. The quantitative estimate of drug-likeness (QED) is 0.879. The van der Waals surface area contributed by atoms with E-state index in [0.29, 0.717) is 31.7 Å². The first-order valence-electron chi connectivity index (χ1n) is 7.68. The van der Waals surface area contributed by atoms with Crippen molar-refractivity contribution < 1.29 is 19.5 Å². The maximum Gasteiger partial charge on any atom is 0.303 e. The van der Waals surface area contributed by atoms with Crippen LogP contribution in [0.1, 0.15) is 29.6 Å². The molecule has 0 aromatic carbocycles.